The van der Waals surface area contributed by atoms with Crippen LogP contribution in [0.25, 0.3) is 0 Å². The predicted molar refractivity (Wildman–Crippen MR) is 112 cm³/mol. The van der Waals surface area contributed by atoms with Gasteiger partial charge in [0.1, 0.15) is 0 Å². The molecule has 5 nitrogen and oxygen atoms in total. The van der Waals surface area contributed by atoms with Crippen LogP contribution < -0.4 is 5.32 Å². The summed E-state index contributed by atoms with van der Waals surface area (Å²) in [6.45, 7) is 7.82. The molecule has 0 bridgehead atoms. The van der Waals surface area contributed by atoms with Crippen molar-refractivity contribution in [2.45, 2.75) is 40.5 Å². The van der Waals surface area contributed by atoms with E-state index in [-0.39, 0.29) is 37.0 Å². The van der Waals surface area contributed by atoms with E-state index in [1.807, 2.05) is 58.0 Å². The van der Waals surface area contributed by atoms with Crippen LogP contribution in [0.5, 0.6) is 0 Å². The largest absolute Gasteiger partial charge is 0.336 e. The Morgan fingerprint density at radius 1 is 0.893 bits per heavy atom. The minimum Gasteiger partial charge on any atom is -0.336 e. The molecule has 0 atom stereocenters. The molecular weight excluding hydrogens is 352 g/mol. The van der Waals surface area contributed by atoms with Crippen molar-refractivity contribution in [1.29, 1.82) is 0 Å². The smallest absolute Gasteiger partial charge is 0.243 e. The number of nitrogens with one attached hydrogen (secondary N) is 1. The topological polar surface area (TPSA) is 66.5 Å². The summed E-state index contributed by atoms with van der Waals surface area (Å²) in [6.07, 6.45) is 0.212. The Labute approximate surface area is 166 Å². The lowest BCUT2D eigenvalue weighted by Crippen LogP contribution is -2.35. The van der Waals surface area contributed by atoms with Crippen molar-refractivity contribution in [2.75, 3.05) is 18.9 Å². The monoisotopic (exact) mass is 380 g/mol. The van der Waals surface area contributed by atoms with E-state index in [2.05, 4.69) is 5.32 Å². The quantitative estimate of drug-likeness (QED) is 0.739. The van der Waals surface area contributed by atoms with Crippen molar-refractivity contribution >= 4 is 23.3 Å². The molecule has 28 heavy (non-hydrogen) atoms. The first-order valence-corrected chi connectivity index (χ1v) is 9.39. The number of anilines is 1. The van der Waals surface area contributed by atoms with E-state index < -0.39 is 0 Å². The predicted octanol–water partition coefficient (Wildman–Crippen LogP) is 3.98. The highest BCUT2D eigenvalue weighted by atomic mass is 16.2. The fourth-order valence-corrected chi connectivity index (χ4v) is 2.85. The zero-order valence-corrected chi connectivity index (χ0v) is 17.3. The van der Waals surface area contributed by atoms with Gasteiger partial charge >= 0.3 is 0 Å². The Morgan fingerprint density at radius 2 is 1.61 bits per heavy atom. The van der Waals surface area contributed by atoms with Crippen LogP contribution in [0.1, 0.15) is 45.5 Å². The molecule has 0 aliphatic carbocycles. The van der Waals surface area contributed by atoms with Gasteiger partial charge in [-0.2, -0.15) is 0 Å². The molecule has 0 fully saturated rings. The first kappa shape index (κ1) is 21.4. The third kappa shape index (κ3) is 5.52. The Bertz CT molecular complexity index is 903. The van der Waals surface area contributed by atoms with Crippen LogP contribution in [0.4, 0.5) is 5.69 Å². The van der Waals surface area contributed by atoms with Crippen LogP contribution in [-0.2, 0) is 9.59 Å². The average Bonchev–Trinajstić information content (AvgIpc) is 2.65. The number of likely N-dealkylation sites (N-methyl/N-ethyl adjacent to an activating group) is 1. The molecular formula is C23H28N2O3. The zero-order chi connectivity index (χ0) is 20.8. The summed E-state index contributed by atoms with van der Waals surface area (Å²) in [5.74, 6) is -0.553. The molecule has 2 aromatic rings. The third-order valence-electron chi connectivity index (χ3n) is 5.08. The molecule has 0 saturated carbocycles. The summed E-state index contributed by atoms with van der Waals surface area (Å²) in [4.78, 5) is 38.2. The Balaban J connectivity index is 1.86. The lowest BCUT2D eigenvalue weighted by atomic mass is 10.0. The lowest BCUT2D eigenvalue weighted by molar-refractivity contribution is -0.133. The second-order valence-corrected chi connectivity index (χ2v) is 7.27. The van der Waals surface area contributed by atoms with Crippen LogP contribution in [-0.4, -0.2) is 36.1 Å². The molecule has 2 rings (SSSR count). The fraction of sp³-hybridized carbons (Fsp3) is 0.348. The maximum atomic E-state index is 12.3. The van der Waals surface area contributed by atoms with Crippen molar-refractivity contribution < 1.29 is 14.4 Å². The van der Waals surface area contributed by atoms with Crippen molar-refractivity contribution in [3.63, 3.8) is 0 Å². The van der Waals surface area contributed by atoms with Gasteiger partial charge in [-0.15, -0.1) is 0 Å². The third-order valence-corrected chi connectivity index (χ3v) is 5.08. The molecule has 0 spiro atoms. The number of rotatable bonds is 7. The zero-order valence-electron chi connectivity index (χ0n) is 17.3. The maximum Gasteiger partial charge on any atom is 0.243 e. The van der Waals surface area contributed by atoms with E-state index in [0.717, 1.165) is 27.9 Å². The van der Waals surface area contributed by atoms with Crippen molar-refractivity contribution in [3.05, 3.63) is 64.2 Å². The summed E-state index contributed by atoms with van der Waals surface area (Å²) in [6, 6.07) is 11.2. The molecule has 1 N–H and O–H groups in total. The van der Waals surface area contributed by atoms with Crippen molar-refractivity contribution in [2.24, 2.45) is 0 Å². The Hall–Kier alpha value is -2.95. The first-order valence-electron chi connectivity index (χ1n) is 9.39. The van der Waals surface area contributed by atoms with Gasteiger partial charge < -0.3 is 10.2 Å². The van der Waals surface area contributed by atoms with Crippen LogP contribution in [0.15, 0.2) is 36.4 Å². The highest BCUT2D eigenvalue weighted by Gasteiger charge is 2.16. The molecule has 0 aromatic heterocycles. The van der Waals surface area contributed by atoms with Gasteiger partial charge in [0.2, 0.25) is 11.8 Å². The van der Waals surface area contributed by atoms with Crippen LogP contribution in [0, 0.1) is 27.7 Å². The molecule has 0 saturated heterocycles. The number of nitrogens with zero attached hydrogens (tertiary/aromatic N) is 1. The van der Waals surface area contributed by atoms with Gasteiger partial charge in [-0.05, 0) is 62.1 Å². The molecule has 0 aliphatic rings. The van der Waals surface area contributed by atoms with E-state index in [0.29, 0.717) is 5.56 Å². The number of benzene rings is 2. The normalized spacial score (nSPS) is 10.5. The van der Waals surface area contributed by atoms with E-state index in [4.69, 9.17) is 0 Å². The molecule has 0 unspecified atom stereocenters. The molecule has 0 heterocycles. The second-order valence-electron chi connectivity index (χ2n) is 7.27. The van der Waals surface area contributed by atoms with Crippen molar-refractivity contribution in [1.82, 2.24) is 4.90 Å². The number of carbonyl (C=O) groups excluding carboxylic acids is 3. The van der Waals surface area contributed by atoms with Gasteiger partial charge in [-0.25, -0.2) is 0 Å². The summed E-state index contributed by atoms with van der Waals surface area (Å²) in [7, 11) is 1.57. The number of ketones is 1. The van der Waals surface area contributed by atoms with E-state index in [1.165, 1.54) is 4.90 Å². The number of hydrogen-bond donors (Lipinski definition) is 1. The molecule has 0 aliphatic heterocycles. The summed E-state index contributed by atoms with van der Waals surface area (Å²) >= 11 is 0. The van der Waals surface area contributed by atoms with Crippen LogP contribution in [0.2, 0.25) is 0 Å². The summed E-state index contributed by atoms with van der Waals surface area (Å²) < 4.78 is 0. The molecule has 2 aromatic carbocycles. The molecule has 5 heteroatoms. The summed E-state index contributed by atoms with van der Waals surface area (Å²) in [5.41, 5.74) is 5.64. The van der Waals surface area contributed by atoms with Gasteiger partial charge in [0, 0.05) is 31.1 Å². The second kappa shape index (κ2) is 9.31. The highest BCUT2D eigenvalue weighted by molar-refractivity contribution is 5.99. The van der Waals surface area contributed by atoms with Crippen LogP contribution >= 0.6 is 0 Å². The standard InChI is InChI=1S/C23H28N2O3/c1-15-9-10-19(13-17(15)3)21(26)11-12-23(28)25(5)14-22(27)24-20-8-6-7-16(2)18(20)4/h6-10,13H,11-12,14H2,1-5H3,(H,24,27). The summed E-state index contributed by atoms with van der Waals surface area (Å²) in [5, 5.41) is 2.84. The fourth-order valence-electron chi connectivity index (χ4n) is 2.85. The Kier molecular flexibility index (Phi) is 7.10. The number of hydrogen-bond acceptors (Lipinski definition) is 3. The molecule has 148 valence electrons. The Morgan fingerprint density at radius 3 is 2.29 bits per heavy atom. The van der Waals surface area contributed by atoms with E-state index >= 15 is 0 Å². The van der Waals surface area contributed by atoms with E-state index in [9.17, 15) is 14.4 Å². The van der Waals surface area contributed by atoms with Crippen LogP contribution in [0.3, 0.4) is 0 Å². The van der Waals surface area contributed by atoms with Gasteiger partial charge in [-0.1, -0.05) is 24.3 Å². The maximum absolute atomic E-state index is 12.3. The minimum absolute atomic E-state index is 0.0515. The van der Waals surface area contributed by atoms with Gasteiger partial charge in [0.05, 0.1) is 6.54 Å². The lowest BCUT2D eigenvalue weighted by Gasteiger charge is -2.17. The number of amides is 2. The van der Waals surface area contributed by atoms with Crippen molar-refractivity contribution in [3.8, 4) is 0 Å². The number of carbonyl (C=O) groups is 3. The van der Waals surface area contributed by atoms with E-state index in [1.54, 1.807) is 13.1 Å². The first-order chi connectivity index (χ1) is 13.2. The molecule has 2 amide bonds. The average molecular weight is 380 g/mol. The van der Waals surface area contributed by atoms with Gasteiger partial charge in [-0.3, -0.25) is 14.4 Å². The number of aryl methyl sites for hydroxylation is 3. The minimum atomic E-state index is -0.259. The number of Topliss-reactive ketones (excluding diaryl/α,β-unsaturated/α-hetero) is 1. The highest BCUT2D eigenvalue weighted by Crippen LogP contribution is 2.18. The van der Waals surface area contributed by atoms with Gasteiger partial charge in [0.25, 0.3) is 0 Å². The van der Waals surface area contributed by atoms with Gasteiger partial charge in [0.15, 0.2) is 5.78 Å². The SMILES string of the molecule is Cc1ccc(C(=O)CCC(=O)N(C)CC(=O)Nc2cccc(C)c2C)cc1C. The molecule has 0 radical (unpaired) electrons.